The predicted molar refractivity (Wildman–Crippen MR) is 120 cm³/mol. The van der Waals surface area contributed by atoms with Gasteiger partial charge in [-0.15, -0.1) is 0 Å². The van der Waals surface area contributed by atoms with Crippen LogP contribution in [0.25, 0.3) is 0 Å². The molecule has 2 saturated carbocycles. The zero-order valence-electron chi connectivity index (χ0n) is 19.6. The summed E-state index contributed by atoms with van der Waals surface area (Å²) < 4.78 is 0. The lowest BCUT2D eigenvalue weighted by molar-refractivity contribution is -0.0430. The monoisotopic (exact) mass is 389 g/mol. The van der Waals surface area contributed by atoms with Crippen LogP contribution in [0.3, 0.4) is 0 Å². The van der Waals surface area contributed by atoms with E-state index < -0.39 is 0 Å². The summed E-state index contributed by atoms with van der Waals surface area (Å²) in [4.78, 5) is 8.29. The molecule has 0 N–H and O–H groups in total. The standard InChI is InChI=1S/C25H47N3/c1-20(2)14-25(6-7-25)19-26-10-8-24(9-11-26)15-23(16-24)18-28-13-12-27(21(3)4)17-22(28)5/h20-23H,6-19H2,1-5H3/t22-/m0/s1. The van der Waals surface area contributed by atoms with Gasteiger partial charge in [-0.1, -0.05) is 13.8 Å². The number of nitrogens with zero attached hydrogens (tertiary/aromatic N) is 3. The topological polar surface area (TPSA) is 9.72 Å². The Hall–Kier alpha value is -0.120. The fourth-order valence-electron chi connectivity index (χ4n) is 6.93. The van der Waals surface area contributed by atoms with E-state index in [1.165, 1.54) is 90.8 Å². The Morgan fingerprint density at radius 1 is 0.893 bits per heavy atom. The Bertz CT molecular complexity index is 508. The molecule has 0 aromatic heterocycles. The molecule has 2 saturated heterocycles. The van der Waals surface area contributed by atoms with Crippen molar-refractivity contribution in [1.29, 1.82) is 0 Å². The summed E-state index contributed by atoms with van der Waals surface area (Å²) in [5, 5.41) is 0. The van der Waals surface area contributed by atoms with Crippen molar-refractivity contribution in [2.24, 2.45) is 22.7 Å². The van der Waals surface area contributed by atoms with Gasteiger partial charge in [0.1, 0.15) is 0 Å². The van der Waals surface area contributed by atoms with Crippen LogP contribution in [0, 0.1) is 22.7 Å². The molecule has 4 fully saturated rings. The lowest BCUT2D eigenvalue weighted by Gasteiger charge is -2.54. The maximum absolute atomic E-state index is 2.83. The first kappa shape index (κ1) is 21.1. The molecule has 3 heteroatoms. The molecular weight excluding hydrogens is 342 g/mol. The molecule has 2 aliphatic heterocycles. The second-order valence-electron chi connectivity index (χ2n) is 12.1. The first-order valence-electron chi connectivity index (χ1n) is 12.5. The largest absolute Gasteiger partial charge is 0.303 e. The summed E-state index contributed by atoms with van der Waals surface area (Å²) in [6.45, 7) is 21.3. The SMILES string of the molecule is CC(C)CC1(CN2CCC3(CC2)CC(CN2CCN(C(C)C)C[C@@H]2C)C3)CC1. The van der Waals surface area contributed by atoms with Crippen LogP contribution in [0.5, 0.6) is 0 Å². The fraction of sp³-hybridized carbons (Fsp3) is 1.00. The van der Waals surface area contributed by atoms with Crippen LogP contribution in [0.4, 0.5) is 0 Å². The Labute approximate surface area is 175 Å². The van der Waals surface area contributed by atoms with E-state index in [9.17, 15) is 0 Å². The van der Waals surface area contributed by atoms with Gasteiger partial charge in [0, 0.05) is 44.8 Å². The van der Waals surface area contributed by atoms with Crippen LogP contribution >= 0.6 is 0 Å². The highest BCUT2D eigenvalue weighted by Gasteiger charge is 2.49. The lowest BCUT2D eigenvalue weighted by Crippen LogP contribution is -2.57. The Morgan fingerprint density at radius 2 is 1.57 bits per heavy atom. The number of rotatable bonds is 7. The van der Waals surface area contributed by atoms with Gasteiger partial charge in [0.05, 0.1) is 0 Å². The zero-order chi connectivity index (χ0) is 19.9. The van der Waals surface area contributed by atoms with Crippen LogP contribution < -0.4 is 0 Å². The molecular formula is C25H47N3. The van der Waals surface area contributed by atoms with Crippen LogP contribution in [-0.2, 0) is 0 Å². The molecule has 0 radical (unpaired) electrons. The highest BCUT2D eigenvalue weighted by Crippen LogP contribution is 2.55. The van der Waals surface area contributed by atoms with E-state index in [2.05, 4.69) is 49.3 Å². The maximum atomic E-state index is 2.83. The number of piperidine rings is 1. The van der Waals surface area contributed by atoms with Gasteiger partial charge in [-0.3, -0.25) is 9.80 Å². The van der Waals surface area contributed by atoms with Crippen LogP contribution in [-0.4, -0.2) is 72.6 Å². The van der Waals surface area contributed by atoms with Gasteiger partial charge in [-0.05, 0) is 101 Å². The van der Waals surface area contributed by atoms with Crippen molar-refractivity contribution in [1.82, 2.24) is 14.7 Å². The summed E-state index contributed by atoms with van der Waals surface area (Å²) in [6, 6.07) is 1.45. The van der Waals surface area contributed by atoms with Crippen molar-refractivity contribution < 1.29 is 0 Å². The molecule has 0 amide bonds. The van der Waals surface area contributed by atoms with Gasteiger partial charge in [0.2, 0.25) is 0 Å². The maximum Gasteiger partial charge on any atom is 0.0195 e. The second-order valence-corrected chi connectivity index (χ2v) is 12.1. The third-order valence-corrected chi connectivity index (χ3v) is 8.74. The van der Waals surface area contributed by atoms with E-state index in [0.29, 0.717) is 6.04 Å². The number of hydrogen-bond donors (Lipinski definition) is 0. The van der Waals surface area contributed by atoms with Crippen molar-refractivity contribution >= 4 is 0 Å². The zero-order valence-corrected chi connectivity index (χ0v) is 19.6. The molecule has 2 heterocycles. The number of piperazine rings is 1. The van der Waals surface area contributed by atoms with Crippen molar-refractivity contribution in [3.8, 4) is 0 Å². The molecule has 4 rings (SSSR count). The molecule has 0 bridgehead atoms. The molecule has 4 aliphatic rings. The first-order valence-corrected chi connectivity index (χ1v) is 12.5. The third-order valence-electron chi connectivity index (χ3n) is 8.74. The Kier molecular flexibility index (Phi) is 6.18. The van der Waals surface area contributed by atoms with Crippen LogP contribution in [0.15, 0.2) is 0 Å². The van der Waals surface area contributed by atoms with Gasteiger partial charge < -0.3 is 4.90 Å². The van der Waals surface area contributed by atoms with Crippen LogP contribution in [0.1, 0.15) is 79.6 Å². The van der Waals surface area contributed by atoms with Gasteiger partial charge in [-0.25, -0.2) is 0 Å². The van der Waals surface area contributed by atoms with Crippen molar-refractivity contribution in [3.63, 3.8) is 0 Å². The summed E-state index contributed by atoms with van der Waals surface area (Å²) in [7, 11) is 0. The molecule has 3 nitrogen and oxygen atoms in total. The summed E-state index contributed by atoms with van der Waals surface area (Å²) in [5.74, 6) is 1.85. The quantitative estimate of drug-likeness (QED) is 0.624. The van der Waals surface area contributed by atoms with Gasteiger partial charge in [0.25, 0.3) is 0 Å². The van der Waals surface area contributed by atoms with Gasteiger partial charge >= 0.3 is 0 Å². The molecule has 1 spiro atoms. The molecule has 2 aliphatic carbocycles. The fourth-order valence-corrected chi connectivity index (χ4v) is 6.93. The Balaban J connectivity index is 1.17. The predicted octanol–water partition coefficient (Wildman–Crippen LogP) is 4.72. The minimum absolute atomic E-state index is 0.706. The molecule has 162 valence electrons. The van der Waals surface area contributed by atoms with E-state index in [-0.39, 0.29) is 0 Å². The van der Waals surface area contributed by atoms with E-state index in [1.807, 2.05) is 0 Å². The minimum Gasteiger partial charge on any atom is -0.303 e. The van der Waals surface area contributed by atoms with Crippen molar-refractivity contribution in [3.05, 3.63) is 0 Å². The lowest BCUT2D eigenvalue weighted by atomic mass is 9.57. The van der Waals surface area contributed by atoms with E-state index in [1.54, 1.807) is 0 Å². The van der Waals surface area contributed by atoms with Crippen molar-refractivity contribution in [2.75, 3.05) is 45.8 Å². The molecule has 0 unspecified atom stereocenters. The highest BCUT2D eigenvalue weighted by atomic mass is 15.3. The van der Waals surface area contributed by atoms with E-state index in [0.717, 1.165) is 28.7 Å². The summed E-state index contributed by atoms with van der Waals surface area (Å²) in [6.07, 6.45) is 10.5. The van der Waals surface area contributed by atoms with Crippen molar-refractivity contribution in [2.45, 2.75) is 91.6 Å². The van der Waals surface area contributed by atoms with Crippen LogP contribution in [0.2, 0.25) is 0 Å². The third kappa shape index (κ3) is 4.78. The minimum atomic E-state index is 0.706. The smallest absolute Gasteiger partial charge is 0.0195 e. The molecule has 1 atom stereocenters. The first-order chi connectivity index (χ1) is 13.3. The molecule has 0 aromatic rings. The number of likely N-dealkylation sites (tertiary alicyclic amines) is 1. The number of hydrogen-bond acceptors (Lipinski definition) is 3. The van der Waals surface area contributed by atoms with E-state index in [4.69, 9.17) is 0 Å². The molecule has 0 aromatic carbocycles. The normalized spacial score (nSPS) is 31.6. The average Bonchev–Trinajstić information content (AvgIpc) is 3.34. The Morgan fingerprint density at radius 3 is 2.11 bits per heavy atom. The van der Waals surface area contributed by atoms with E-state index >= 15 is 0 Å². The second kappa shape index (κ2) is 8.19. The summed E-state index contributed by atoms with van der Waals surface area (Å²) >= 11 is 0. The molecule has 28 heavy (non-hydrogen) atoms. The highest BCUT2D eigenvalue weighted by molar-refractivity contribution is 5.01. The summed E-state index contributed by atoms with van der Waals surface area (Å²) in [5.41, 5.74) is 1.45. The van der Waals surface area contributed by atoms with Gasteiger partial charge in [0.15, 0.2) is 0 Å². The van der Waals surface area contributed by atoms with Gasteiger partial charge in [-0.2, -0.15) is 0 Å². The average molecular weight is 390 g/mol.